The van der Waals surface area contributed by atoms with E-state index in [2.05, 4.69) is 4.90 Å². The second kappa shape index (κ2) is 6.02. The van der Waals surface area contributed by atoms with Gasteiger partial charge in [0.15, 0.2) is 0 Å². The summed E-state index contributed by atoms with van der Waals surface area (Å²) in [6.07, 6.45) is 3.74. The molecule has 1 N–H and O–H groups in total. The largest absolute Gasteiger partial charge is 0.396 e. The maximum atomic E-state index is 11.2. The summed E-state index contributed by atoms with van der Waals surface area (Å²) in [5.41, 5.74) is 1.81. The third kappa shape index (κ3) is 3.04. The number of nitro groups is 1. The molecule has 0 saturated carbocycles. The molecule has 1 aliphatic rings. The Morgan fingerprint density at radius 2 is 2.32 bits per heavy atom. The van der Waals surface area contributed by atoms with E-state index in [1.807, 2.05) is 19.1 Å². The normalized spacial score (nSPS) is 18.8. The Kier molecular flexibility index (Phi) is 4.37. The highest BCUT2D eigenvalue weighted by molar-refractivity contribution is 5.65. The van der Waals surface area contributed by atoms with Crippen LogP contribution in [0.25, 0.3) is 0 Å². The second-order valence-electron chi connectivity index (χ2n) is 5.10. The molecule has 1 fully saturated rings. The molecule has 5 heteroatoms. The molecule has 0 aromatic heterocycles. The molecule has 19 heavy (non-hydrogen) atoms. The van der Waals surface area contributed by atoms with Crippen LogP contribution in [0.4, 0.5) is 11.4 Å². The minimum absolute atomic E-state index is 0.181. The first-order valence-electron chi connectivity index (χ1n) is 6.76. The van der Waals surface area contributed by atoms with Gasteiger partial charge in [-0.3, -0.25) is 10.1 Å². The van der Waals surface area contributed by atoms with Crippen molar-refractivity contribution in [3.05, 3.63) is 33.9 Å². The van der Waals surface area contributed by atoms with Crippen LogP contribution in [-0.2, 0) is 0 Å². The Balaban J connectivity index is 2.27. The van der Waals surface area contributed by atoms with Gasteiger partial charge in [-0.1, -0.05) is 6.07 Å². The summed E-state index contributed by atoms with van der Waals surface area (Å²) in [6, 6.07) is 5.72. The van der Waals surface area contributed by atoms with Gasteiger partial charge in [-0.15, -0.1) is 0 Å². The third-order valence-electron chi connectivity index (χ3n) is 3.71. The molecule has 1 atom stereocenters. The van der Waals surface area contributed by atoms with Crippen molar-refractivity contribution in [3.63, 3.8) is 0 Å². The summed E-state index contributed by atoms with van der Waals surface area (Å²) in [4.78, 5) is 13.0. The number of benzene rings is 1. The molecule has 1 aromatic carbocycles. The van der Waals surface area contributed by atoms with E-state index in [0.717, 1.165) is 43.5 Å². The maximum absolute atomic E-state index is 11.2. The van der Waals surface area contributed by atoms with E-state index in [1.54, 1.807) is 6.07 Å². The zero-order valence-corrected chi connectivity index (χ0v) is 11.2. The van der Waals surface area contributed by atoms with Crippen LogP contribution in [0.15, 0.2) is 18.2 Å². The molecule has 104 valence electrons. The molecule has 2 rings (SSSR count). The second-order valence-corrected chi connectivity index (χ2v) is 5.10. The Morgan fingerprint density at radius 3 is 3.00 bits per heavy atom. The van der Waals surface area contributed by atoms with Gasteiger partial charge >= 0.3 is 0 Å². The number of anilines is 1. The lowest BCUT2D eigenvalue weighted by Crippen LogP contribution is -2.29. The monoisotopic (exact) mass is 264 g/mol. The Morgan fingerprint density at radius 1 is 1.53 bits per heavy atom. The lowest BCUT2D eigenvalue weighted by molar-refractivity contribution is -0.384. The van der Waals surface area contributed by atoms with Crippen LogP contribution in [0, 0.1) is 17.0 Å². The van der Waals surface area contributed by atoms with Crippen LogP contribution >= 0.6 is 0 Å². The molecular weight excluding hydrogens is 244 g/mol. The lowest BCUT2D eigenvalue weighted by Gasteiger charge is -2.26. The van der Waals surface area contributed by atoms with Gasteiger partial charge in [-0.05, 0) is 44.2 Å². The fourth-order valence-electron chi connectivity index (χ4n) is 2.80. The summed E-state index contributed by atoms with van der Waals surface area (Å²) in [6.45, 7) is 2.91. The summed E-state index contributed by atoms with van der Waals surface area (Å²) in [5, 5.41) is 20.1. The van der Waals surface area contributed by atoms with E-state index in [9.17, 15) is 10.1 Å². The van der Waals surface area contributed by atoms with E-state index in [0.29, 0.717) is 6.04 Å². The van der Waals surface area contributed by atoms with Gasteiger partial charge in [-0.25, -0.2) is 0 Å². The number of nitrogens with zero attached hydrogens (tertiary/aromatic N) is 2. The van der Waals surface area contributed by atoms with E-state index in [4.69, 9.17) is 5.11 Å². The summed E-state index contributed by atoms with van der Waals surface area (Å²) >= 11 is 0. The van der Waals surface area contributed by atoms with Crippen LogP contribution in [0.3, 0.4) is 0 Å². The first kappa shape index (κ1) is 13.8. The third-order valence-corrected chi connectivity index (χ3v) is 3.71. The molecule has 0 amide bonds. The van der Waals surface area contributed by atoms with Gasteiger partial charge < -0.3 is 10.0 Å². The molecule has 0 bridgehead atoms. The van der Waals surface area contributed by atoms with Crippen LogP contribution in [-0.4, -0.2) is 29.2 Å². The van der Waals surface area contributed by atoms with Gasteiger partial charge in [0.1, 0.15) is 5.69 Å². The highest BCUT2D eigenvalue weighted by atomic mass is 16.6. The summed E-state index contributed by atoms with van der Waals surface area (Å²) in [7, 11) is 0. The fourth-order valence-corrected chi connectivity index (χ4v) is 2.80. The van der Waals surface area contributed by atoms with Crippen molar-refractivity contribution < 1.29 is 10.0 Å². The van der Waals surface area contributed by atoms with Gasteiger partial charge in [0.05, 0.1) is 4.92 Å². The quantitative estimate of drug-likeness (QED) is 0.656. The van der Waals surface area contributed by atoms with Crippen LogP contribution in [0.5, 0.6) is 0 Å². The number of nitro benzene ring substituents is 1. The first-order valence-corrected chi connectivity index (χ1v) is 6.76. The van der Waals surface area contributed by atoms with Crippen molar-refractivity contribution >= 4 is 11.4 Å². The molecule has 0 aliphatic carbocycles. The predicted octanol–water partition coefficient (Wildman–Crippen LogP) is 2.64. The van der Waals surface area contributed by atoms with Gasteiger partial charge in [0.25, 0.3) is 5.69 Å². The first-order chi connectivity index (χ1) is 9.13. The molecule has 1 unspecified atom stereocenters. The van der Waals surface area contributed by atoms with Gasteiger partial charge in [-0.2, -0.15) is 0 Å². The SMILES string of the molecule is Cc1ccc(N2CCCC2CCCO)c([N+](=O)[O-])c1. The summed E-state index contributed by atoms with van der Waals surface area (Å²) in [5.74, 6) is 0. The van der Waals surface area contributed by atoms with Crippen molar-refractivity contribution in [2.45, 2.75) is 38.6 Å². The smallest absolute Gasteiger partial charge is 0.292 e. The predicted molar refractivity (Wildman–Crippen MR) is 74.5 cm³/mol. The van der Waals surface area contributed by atoms with Crippen molar-refractivity contribution in [3.8, 4) is 0 Å². The van der Waals surface area contributed by atoms with Crippen molar-refractivity contribution in [1.82, 2.24) is 0 Å². The van der Waals surface area contributed by atoms with Gasteiger partial charge in [0.2, 0.25) is 0 Å². The van der Waals surface area contributed by atoms with E-state index in [1.165, 1.54) is 0 Å². The molecule has 1 heterocycles. The maximum Gasteiger partial charge on any atom is 0.292 e. The van der Waals surface area contributed by atoms with Crippen LogP contribution in [0.2, 0.25) is 0 Å². The number of rotatable bonds is 5. The topological polar surface area (TPSA) is 66.6 Å². The zero-order valence-electron chi connectivity index (χ0n) is 11.2. The zero-order chi connectivity index (χ0) is 13.8. The number of aliphatic hydroxyl groups excluding tert-OH is 1. The molecule has 1 aromatic rings. The Bertz CT molecular complexity index is 462. The number of aryl methyl sites for hydroxylation is 1. The minimum Gasteiger partial charge on any atom is -0.396 e. The molecule has 1 aliphatic heterocycles. The average Bonchev–Trinajstić information content (AvgIpc) is 2.84. The molecular formula is C14H20N2O3. The van der Waals surface area contributed by atoms with E-state index >= 15 is 0 Å². The summed E-state index contributed by atoms with van der Waals surface area (Å²) < 4.78 is 0. The van der Waals surface area contributed by atoms with Crippen molar-refractivity contribution in [2.75, 3.05) is 18.1 Å². The standard InChI is InChI=1S/C14H20N2O3/c1-11-6-7-13(14(10-11)16(18)19)15-8-2-4-12(15)5-3-9-17/h6-7,10,12,17H,2-5,8-9H2,1H3. The lowest BCUT2D eigenvalue weighted by atomic mass is 10.1. The van der Waals surface area contributed by atoms with Crippen molar-refractivity contribution in [1.29, 1.82) is 0 Å². The minimum atomic E-state index is -0.302. The highest BCUT2D eigenvalue weighted by Crippen LogP contribution is 2.35. The average molecular weight is 264 g/mol. The Hall–Kier alpha value is -1.62. The van der Waals surface area contributed by atoms with E-state index in [-0.39, 0.29) is 17.2 Å². The van der Waals surface area contributed by atoms with Crippen molar-refractivity contribution in [2.24, 2.45) is 0 Å². The fraction of sp³-hybridized carbons (Fsp3) is 0.571. The van der Waals surface area contributed by atoms with Crippen LogP contribution < -0.4 is 4.90 Å². The molecule has 0 spiro atoms. The molecule has 1 saturated heterocycles. The Labute approximate surface area is 113 Å². The number of hydrogen-bond acceptors (Lipinski definition) is 4. The number of hydrogen-bond donors (Lipinski definition) is 1. The van der Waals surface area contributed by atoms with Crippen LogP contribution in [0.1, 0.15) is 31.2 Å². The highest BCUT2D eigenvalue weighted by Gasteiger charge is 2.29. The molecule has 0 radical (unpaired) electrons. The van der Waals surface area contributed by atoms with E-state index < -0.39 is 0 Å². The molecule has 5 nitrogen and oxygen atoms in total. The number of aliphatic hydroxyl groups is 1. The van der Waals surface area contributed by atoms with Gasteiger partial charge in [0, 0.05) is 25.3 Å².